The minimum atomic E-state index is -0.368. The number of amides is 2. The molecule has 2 heterocycles. The number of hydrogen-bond acceptors (Lipinski definition) is 3. The summed E-state index contributed by atoms with van der Waals surface area (Å²) in [5.74, 6) is -0.458. The Morgan fingerprint density at radius 3 is 2.25 bits per heavy atom. The van der Waals surface area contributed by atoms with E-state index in [0.29, 0.717) is 17.7 Å². The number of fused-ring (bicyclic) bond motifs is 1. The van der Waals surface area contributed by atoms with Crippen LogP contribution in [0.1, 0.15) is 33.6 Å². The van der Waals surface area contributed by atoms with Gasteiger partial charge in [0, 0.05) is 6.61 Å². The van der Waals surface area contributed by atoms with Crippen LogP contribution in [0.5, 0.6) is 0 Å². The van der Waals surface area contributed by atoms with Gasteiger partial charge in [-0.3, -0.25) is 9.59 Å². The van der Waals surface area contributed by atoms with Crippen molar-refractivity contribution in [3.05, 3.63) is 35.4 Å². The van der Waals surface area contributed by atoms with Crippen LogP contribution in [0.2, 0.25) is 0 Å². The monoisotopic (exact) mass is 217 g/mol. The van der Waals surface area contributed by atoms with Crippen molar-refractivity contribution in [1.82, 2.24) is 4.90 Å². The van der Waals surface area contributed by atoms with Gasteiger partial charge in [0.15, 0.2) is 0 Å². The fraction of sp³-hybridized carbons (Fsp3) is 0.333. The van der Waals surface area contributed by atoms with Gasteiger partial charge in [-0.05, 0) is 25.0 Å². The Labute approximate surface area is 92.8 Å². The van der Waals surface area contributed by atoms with Crippen LogP contribution in [0.25, 0.3) is 0 Å². The molecule has 82 valence electrons. The Kier molecular flexibility index (Phi) is 2.04. The molecule has 1 aromatic carbocycles. The third-order valence-electron chi connectivity index (χ3n) is 3.02. The van der Waals surface area contributed by atoms with Gasteiger partial charge in [-0.15, -0.1) is 0 Å². The maximum absolute atomic E-state index is 12.0. The normalized spacial score (nSPS) is 24.0. The van der Waals surface area contributed by atoms with Crippen LogP contribution >= 0.6 is 0 Å². The SMILES string of the molecule is O=C1c2ccccc2C(=O)N1[C@@H]1CCCO1. The average molecular weight is 217 g/mol. The summed E-state index contributed by atoms with van der Waals surface area (Å²) in [4.78, 5) is 25.3. The molecule has 0 unspecified atom stereocenters. The maximum Gasteiger partial charge on any atom is 0.263 e. The van der Waals surface area contributed by atoms with Crippen molar-refractivity contribution in [2.75, 3.05) is 6.61 Å². The van der Waals surface area contributed by atoms with E-state index < -0.39 is 0 Å². The van der Waals surface area contributed by atoms with Gasteiger partial charge < -0.3 is 4.74 Å². The highest BCUT2D eigenvalue weighted by atomic mass is 16.5. The number of nitrogens with zero attached hydrogens (tertiary/aromatic N) is 1. The summed E-state index contributed by atoms with van der Waals surface area (Å²) in [5, 5.41) is 0. The summed E-state index contributed by atoms with van der Waals surface area (Å²) in [7, 11) is 0. The zero-order chi connectivity index (χ0) is 11.1. The van der Waals surface area contributed by atoms with Gasteiger partial charge >= 0.3 is 0 Å². The number of imide groups is 1. The van der Waals surface area contributed by atoms with Crippen molar-refractivity contribution >= 4 is 11.8 Å². The maximum atomic E-state index is 12.0. The second kappa shape index (κ2) is 3.42. The Morgan fingerprint density at radius 1 is 1.12 bits per heavy atom. The second-order valence-corrected chi connectivity index (χ2v) is 3.99. The molecule has 1 atom stereocenters. The molecule has 16 heavy (non-hydrogen) atoms. The predicted molar refractivity (Wildman–Crippen MR) is 55.9 cm³/mol. The lowest BCUT2D eigenvalue weighted by atomic mass is 10.1. The van der Waals surface area contributed by atoms with Gasteiger partial charge in [-0.25, -0.2) is 4.90 Å². The van der Waals surface area contributed by atoms with Gasteiger partial charge in [-0.2, -0.15) is 0 Å². The van der Waals surface area contributed by atoms with E-state index in [2.05, 4.69) is 0 Å². The van der Waals surface area contributed by atoms with Crippen molar-refractivity contribution in [2.45, 2.75) is 19.1 Å². The lowest BCUT2D eigenvalue weighted by molar-refractivity contribution is -0.00122. The third kappa shape index (κ3) is 1.20. The fourth-order valence-electron chi connectivity index (χ4n) is 2.23. The highest BCUT2D eigenvalue weighted by molar-refractivity contribution is 6.21. The number of carbonyl (C=O) groups excluding carboxylic acids is 2. The molecule has 0 saturated carbocycles. The number of benzene rings is 1. The quantitative estimate of drug-likeness (QED) is 0.668. The molecule has 4 nitrogen and oxygen atoms in total. The van der Waals surface area contributed by atoms with E-state index in [9.17, 15) is 9.59 Å². The van der Waals surface area contributed by atoms with Crippen LogP contribution in [0.15, 0.2) is 24.3 Å². The Balaban J connectivity index is 2.00. The van der Waals surface area contributed by atoms with Gasteiger partial charge in [0.25, 0.3) is 11.8 Å². The minimum absolute atomic E-state index is 0.229. The number of carbonyl (C=O) groups is 2. The van der Waals surface area contributed by atoms with Crippen LogP contribution in [-0.4, -0.2) is 29.5 Å². The molecule has 1 saturated heterocycles. The number of hydrogen-bond donors (Lipinski definition) is 0. The van der Waals surface area contributed by atoms with E-state index in [-0.39, 0.29) is 18.0 Å². The molecule has 0 radical (unpaired) electrons. The average Bonchev–Trinajstić information content (AvgIpc) is 2.89. The molecule has 0 bridgehead atoms. The molecule has 0 aromatic heterocycles. The molecule has 0 aliphatic carbocycles. The largest absolute Gasteiger partial charge is 0.358 e. The lowest BCUT2D eigenvalue weighted by Gasteiger charge is -2.20. The summed E-state index contributed by atoms with van der Waals surface area (Å²) in [6.07, 6.45) is 1.27. The van der Waals surface area contributed by atoms with Gasteiger partial charge in [0.1, 0.15) is 6.23 Å². The molecule has 2 amide bonds. The topological polar surface area (TPSA) is 46.6 Å². The molecule has 1 aromatic rings. The van der Waals surface area contributed by atoms with Crippen LogP contribution < -0.4 is 0 Å². The summed E-state index contributed by atoms with van der Waals surface area (Å²) < 4.78 is 5.39. The number of ether oxygens (including phenoxy) is 1. The first-order valence-corrected chi connectivity index (χ1v) is 5.37. The van der Waals surface area contributed by atoms with Gasteiger partial charge in [-0.1, -0.05) is 12.1 Å². The van der Waals surface area contributed by atoms with E-state index in [1.807, 2.05) is 0 Å². The summed E-state index contributed by atoms with van der Waals surface area (Å²) in [6.45, 7) is 0.623. The van der Waals surface area contributed by atoms with E-state index in [1.54, 1.807) is 24.3 Å². The zero-order valence-corrected chi connectivity index (χ0v) is 8.68. The van der Waals surface area contributed by atoms with E-state index in [1.165, 1.54) is 4.90 Å². The molecular formula is C12H11NO3. The van der Waals surface area contributed by atoms with E-state index in [4.69, 9.17) is 4.74 Å². The van der Waals surface area contributed by atoms with Gasteiger partial charge in [0.2, 0.25) is 0 Å². The fourth-order valence-corrected chi connectivity index (χ4v) is 2.23. The summed E-state index contributed by atoms with van der Waals surface area (Å²) >= 11 is 0. The summed E-state index contributed by atoms with van der Waals surface area (Å²) in [5.41, 5.74) is 0.978. The van der Waals surface area contributed by atoms with Crippen LogP contribution in [0.4, 0.5) is 0 Å². The summed E-state index contributed by atoms with van der Waals surface area (Å²) in [6, 6.07) is 6.90. The molecule has 1 fully saturated rings. The lowest BCUT2D eigenvalue weighted by Crippen LogP contribution is -2.39. The van der Waals surface area contributed by atoms with Crippen molar-refractivity contribution in [3.63, 3.8) is 0 Å². The Hall–Kier alpha value is -1.68. The smallest absolute Gasteiger partial charge is 0.263 e. The van der Waals surface area contributed by atoms with Crippen molar-refractivity contribution in [3.8, 4) is 0 Å². The molecule has 2 aliphatic heterocycles. The Bertz CT molecular complexity index is 428. The first kappa shape index (κ1) is 9.54. The molecule has 3 rings (SSSR count). The highest BCUT2D eigenvalue weighted by Gasteiger charge is 2.41. The molecular weight excluding hydrogens is 206 g/mol. The molecule has 4 heteroatoms. The second-order valence-electron chi connectivity index (χ2n) is 3.99. The highest BCUT2D eigenvalue weighted by Crippen LogP contribution is 2.28. The predicted octanol–water partition coefficient (Wildman–Crippen LogP) is 1.42. The number of rotatable bonds is 1. The van der Waals surface area contributed by atoms with Crippen LogP contribution in [0, 0.1) is 0 Å². The zero-order valence-electron chi connectivity index (χ0n) is 8.68. The standard InChI is InChI=1S/C12H11NO3/c14-11-8-4-1-2-5-9(8)12(15)13(11)10-6-3-7-16-10/h1-2,4-5,10H,3,6-7H2/t10-/m0/s1. The Morgan fingerprint density at radius 2 is 1.75 bits per heavy atom. The van der Waals surface area contributed by atoms with Gasteiger partial charge in [0.05, 0.1) is 11.1 Å². The van der Waals surface area contributed by atoms with Crippen LogP contribution in [-0.2, 0) is 4.74 Å². The molecule has 2 aliphatic rings. The first-order chi connectivity index (χ1) is 7.79. The molecule has 0 N–H and O–H groups in total. The van der Waals surface area contributed by atoms with Crippen molar-refractivity contribution < 1.29 is 14.3 Å². The van der Waals surface area contributed by atoms with E-state index in [0.717, 1.165) is 12.8 Å². The van der Waals surface area contributed by atoms with Crippen molar-refractivity contribution in [2.24, 2.45) is 0 Å². The first-order valence-electron chi connectivity index (χ1n) is 5.37. The minimum Gasteiger partial charge on any atom is -0.358 e. The van der Waals surface area contributed by atoms with Crippen molar-refractivity contribution in [1.29, 1.82) is 0 Å². The van der Waals surface area contributed by atoms with E-state index >= 15 is 0 Å². The molecule has 0 spiro atoms. The third-order valence-corrected chi connectivity index (χ3v) is 3.02. The van der Waals surface area contributed by atoms with Crippen LogP contribution in [0.3, 0.4) is 0 Å².